The Bertz CT molecular complexity index is 681. The van der Waals surface area contributed by atoms with Crippen molar-refractivity contribution in [3.8, 4) is 5.75 Å². The van der Waals surface area contributed by atoms with E-state index < -0.39 is 0 Å². The first-order valence-electron chi connectivity index (χ1n) is 7.69. The van der Waals surface area contributed by atoms with Gasteiger partial charge in [-0.25, -0.2) is 4.39 Å². The predicted molar refractivity (Wildman–Crippen MR) is 84.7 cm³/mol. The summed E-state index contributed by atoms with van der Waals surface area (Å²) in [6, 6.07) is 14.2. The van der Waals surface area contributed by atoms with Crippen molar-refractivity contribution in [1.82, 2.24) is 0 Å². The minimum Gasteiger partial charge on any atom is -0.497 e. The zero-order valence-electron chi connectivity index (χ0n) is 13.0. The fourth-order valence-electron chi connectivity index (χ4n) is 3.04. The van der Waals surface area contributed by atoms with Crippen molar-refractivity contribution >= 4 is 5.97 Å². The highest BCUT2D eigenvalue weighted by Crippen LogP contribution is 2.29. The van der Waals surface area contributed by atoms with Gasteiger partial charge in [0, 0.05) is 5.92 Å². The molecule has 2 aromatic carbocycles. The van der Waals surface area contributed by atoms with Gasteiger partial charge in [-0.3, -0.25) is 4.79 Å². The summed E-state index contributed by atoms with van der Waals surface area (Å²) in [6.45, 7) is 0.421. The molecule has 0 spiro atoms. The monoisotopic (exact) mass is 314 g/mol. The molecule has 0 N–H and O–H groups in total. The number of hydrogen-bond acceptors (Lipinski definition) is 3. The molecule has 0 aliphatic carbocycles. The molecule has 1 heterocycles. The van der Waals surface area contributed by atoms with Crippen LogP contribution in [-0.2, 0) is 22.4 Å². The molecule has 3 nitrogen and oxygen atoms in total. The van der Waals surface area contributed by atoms with E-state index >= 15 is 0 Å². The lowest BCUT2D eigenvalue weighted by atomic mass is 9.85. The first kappa shape index (κ1) is 15.5. The van der Waals surface area contributed by atoms with E-state index in [0.717, 1.165) is 23.3 Å². The van der Waals surface area contributed by atoms with Crippen molar-refractivity contribution in [3.63, 3.8) is 0 Å². The molecule has 0 bridgehead atoms. The third-order valence-electron chi connectivity index (χ3n) is 4.31. The fraction of sp³-hybridized carbons (Fsp3) is 0.316. The summed E-state index contributed by atoms with van der Waals surface area (Å²) in [6.07, 6.45) is 1.27. The summed E-state index contributed by atoms with van der Waals surface area (Å²) in [4.78, 5) is 12.0. The first-order valence-corrected chi connectivity index (χ1v) is 7.69. The van der Waals surface area contributed by atoms with Crippen molar-refractivity contribution in [2.24, 2.45) is 11.8 Å². The van der Waals surface area contributed by atoms with Crippen molar-refractivity contribution < 1.29 is 18.7 Å². The largest absolute Gasteiger partial charge is 0.497 e. The van der Waals surface area contributed by atoms with Crippen LogP contribution in [0.5, 0.6) is 5.75 Å². The van der Waals surface area contributed by atoms with Gasteiger partial charge in [-0.15, -0.1) is 0 Å². The smallest absolute Gasteiger partial charge is 0.309 e. The molecule has 3 rings (SSSR count). The third-order valence-corrected chi connectivity index (χ3v) is 4.31. The molecule has 1 aliphatic heterocycles. The van der Waals surface area contributed by atoms with Crippen LogP contribution in [0.3, 0.4) is 0 Å². The maximum Gasteiger partial charge on any atom is 0.309 e. The molecule has 4 heteroatoms. The van der Waals surface area contributed by atoms with E-state index in [9.17, 15) is 9.18 Å². The van der Waals surface area contributed by atoms with Gasteiger partial charge in [-0.2, -0.15) is 0 Å². The summed E-state index contributed by atoms with van der Waals surface area (Å²) in [7, 11) is 1.63. The van der Waals surface area contributed by atoms with Gasteiger partial charge in [0.05, 0.1) is 19.6 Å². The molecule has 23 heavy (non-hydrogen) atoms. The molecular weight excluding hydrogens is 295 g/mol. The number of carbonyl (C=O) groups is 1. The number of ether oxygens (including phenoxy) is 2. The number of hydrogen-bond donors (Lipinski definition) is 0. The van der Waals surface area contributed by atoms with Crippen LogP contribution in [0.15, 0.2) is 48.5 Å². The number of rotatable bonds is 5. The fourth-order valence-corrected chi connectivity index (χ4v) is 3.04. The maximum absolute atomic E-state index is 13.3. The predicted octanol–water partition coefficient (Wildman–Crippen LogP) is 3.41. The minimum absolute atomic E-state index is 0.110. The molecule has 1 aliphatic rings. The summed E-state index contributed by atoms with van der Waals surface area (Å²) in [5.74, 6) is 0.232. The summed E-state index contributed by atoms with van der Waals surface area (Å²) >= 11 is 0. The zero-order valence-corrected chi connectivity index (χ0v) is 13.0. The Morgan fingerprint density at radius 2 is 1.91 bits per heavy atom. The van der Waals surface area contributed by atoms with Gasteiger partial charge in [0.15, 0.2) is 0 Å². The number of cyclic esters (lactones) is 1. The van der Waals surface area contributed by atoms with Crippen LogP contribution in [0.1, 0.15) is 11.1 Å². The highest BCUT2D eigenvalue weighted by atomic mass is 19.1. The number of methoxy groups -OCH3 is 1. The Morgan fingerprint density at radius 1 is 1.13 bits per heavy atom. The van der Waals surface area contributed by atoms with E-state index in [4.69, 9.17) is 9.47 Å². The molecular formula is C19H19FO3. The normalized spacial score (nSPS) is 20.3. The molecule has 0 aromatic heterocycles. The van der Waals surface area contributed by atoms with Crippen molar-refractivity contribution in [2.45, 2.75) is 12.8 Å². The lowest BCUT2D eigenvalue weighted by Gasteiger charge is -2.15. The minimum atomic E-state index is -0.277. The van der Waals surface area contributed by atoms with Gasteiger partial charge in [0.25, 0.3) is 0 Å². The average Bonchev–Trinajstić information content (AvgIpc) is 2.89. The highest BCUT2D eigenvalue weighted by molar-refractivity contribution is 5.75. The van der Waals surface area contributed by atoms with Crippen LogP contribution in [0.4, 0.5) is 4.39 Å². The summed E-state index contributed by atoms with van der Waals surface area (Å²) in [5, 5.41) is 0. The number of benzene rings is 2. The van der Waals surface area contributed by atoms with E-state index in [2.05, 4.69) is 0 Å². The number of esters is 1. The molecule has 2 atom stereocenters. The average molecular weight is 314 g/mol. The van der Waals surface area contributed by atoms with Gasteiger partial charge in [-0.1, -0.05) is 24.3 Å². The zero-order chi connectivity index (χ0) is 16.2. The van der Waals surface area contributed by atoms with E-state index in [0.29, 0.717) is 13.0 Å². The maximum atomic E-state index is 13.3. The Kier molecular flexibility index (Phi) is 4.60. The van der Waals surface area contributed by atoms with E-state index in [1.165, 1.54) is 12.1 Å². The van der Waals surface area contributed by atoms with Crippen LogP contribution in [0.2, 0.25) is 0 Å². The molecule has 0 saturated carbocycles. The quantitative estimate of drug-likeness (QED) is 0.793. The first-order chi connectivity index (χ1) is 11.2. The van der Waals surface area contributed by atoms with Gasteiger partial charge >= 0.3 is 5.97 Å². The summed E-state index contributed by atoms with van der Waals surface area (Å²) in [5.41, 5.74) is 1.96. The number of carbonyl (C=O) groups excluding carboxylic acids is 1. The van der Waals surface area contributed by atoms with Crippen molar-refractivity contribution in [2.75, 3.05) is 13.7 Å². The lowest BCUT2D eigenvalue weighted by Crippen LogP contribution is -2.20. The molecule has 0 amide bonds. The molecule has 1 saturated heterocycles. The third kappa shape index (κ3) is 3.70. The SMILES string of the molecule is COc1ccc(CC2COC(=O)C2Cc2cccc(F)c2)cc1. The van der Waals surface area contributed by atoms with Crippen LogP contribution in [0, 0.1) is 17.7 Å². The van der Waals surface area contributed by atoms with Crippen molar-refractivity contribution in [1.29, 1.82) is 0 Å². The van der Waals surface area contributed by atoms with Gasteiger partial charge in [0.1, 0.15) is 11.6 Å². The van der Waals surface area contributed by atoms with Gasteiger partial charge < -0.3 is 9.47 Å². The Hall–Kier alpha value is -2.36. The van der Waals surface area contributed by atoms with Crippen LogP contribution in [-0.4, -0.2) is 19.7 Å². The molecule has 2 aromatic rings. The molecule has 0 radical (unpaired) electrons. The number of halogens is 1. The van der Waals surface area contributed by atoms with Crippen molar-refractivity contribution in [3.05, 3.63) is 65.5 Å². The van der Waals surface area contributed by atoms with Crippen LogP contribution < -0.4 is 4.74 Å². The Balaban J connectivity index is 1.71. The second kappa shape index (κ2) is 6.82. The summed E-state index contributed by atoms with van der Waals surface area (Å²) < 4.78 is 23.7. The van der Waals surface area contributed by atoms with Crippen LogP contribution in [0.25, 0.3) is 0 Å². The van der Waals surface area contributed by atoms with Gasteiger partial charge in [-0.05, 0) is 48.2 Å². The van der Waals surface area contributed by atoms with E-state index in [-0.39, 0.29) is 23.6 Å². The highest BCUT2D eigenvalue weighted by Gasteiger charge is 2.36. The lowest BCUT2D eigenvalue weighted by molar-refractivity contribution is -0.141. The van der Waals surface area contributed by atoms with E-state index in [1.807, 2.05) is 30.3 Å². The topological polar surface area (TPSA) is 35.5 Å². The van der Waals surface area contributed by atoms with Crippen LogP contribution >= 0.6 is 0 Å². The molecule has 2 unspecified atom stereocenters. The van der Waals surface area contributed by atoms with E-state index in [1.54, 1.807) is 13.2 Å². The van der Waals surface area contributed by atoms with Gasteiger partial charge in [0.2, 0.25) is 0 Å². The second-order valence-corrected chi connectivity index (χ2v) is 5.88. The Labute approximate surface area is 135 Å². The molecule has 120 valence electrons. The molecule has 1 fully saturated rings. The standard InChI is InChI=1S/C19H19FO3/c1-22-17-7-5-13(6-8-17)9-15-12-23-19(21)18(15)11-14-3-2-4-16(20)10-14/h2-8,10,15,18H,9,11-12H2,1H3. The Morgan fingerprint density at radius 3 is 2.61 bits per heavy atom. The second-order valence-electron chi connectivity index (χ2n) is 5.88.